The van der Waals surface area contributed by atoms with Crippen LogP contribution < -0.4 is 5.56 Å². The van der Waals surface area contributed by atoms with E-state index in [2.05, 4.69) is 4.98 Å². The molecule has 0 unspecified atom stereocenters. The van der Waals surface area contributed by atoms with Gasteiger partial charge in [-0.2, -0.15) is 0 Å². The van der Waals surface area contributed by atoms with Crippen LogP contribution in [-0.4, -0.2) is 9.55 Å². The molecule has 0 bridgehead atoms. The number of rotatable bonds is 1. The van der Waals surface area contributed by atoms with Gasteiger partial charge in [-0.05, 0) is 37.1 Å². The van der Waals surface area contributed by atoms with Crippen molar-refractivity contribution in [1.29, 1.82) is 0 Å². The second-order valence-corrected chi connectivity index (χ2v) is 3.89. The van der Waals surface area contributed by atoms with Crippen LogP contribution in [0.1, 0.15) is 12.5 Å². The van der Waals surface area contributed by atoms with Gasteiger partial charge in [-0.1, -0.05) is 0 Å². The molecule has 0 radical (unpaired) electrons. The third-order valence-corrected chi connectivity index (χ3v) is 2.79. The van der Waals surface area contributed by atoms with E-state index >= 15 is 0 Å². The summed E-state index contributed by atoms with van der Waals surface area (Å²) in [6.07, 6.45) is 0. The Kier molecular flexibility index (Phi) is 2.68. The Balaban J connectivity index is 2.94. The third-order valence-electron chi connectivity index (χ3n) is 2.50. The highest BCUT2D eigenvalue weighted by Gasteiger charge is 2.10. The second kappa shape index (κ2) is 3.87. The topological polar surface area (TPSA) is 34.9 Å². The molecule has 1 aromatic carbocycles. The highest BCUT2D eigenvalue weighted by atomic mass is 35.5. The van der Waals surface area contributed by atoms with Crippen molar-refractivity contribution in [2.45, 2.75) is 20.4 Å². The van der Waals surface area contributed by atoms with Crippen LogP contribution in [0.4, 0.5) is 4.39 Å². The van der Waals surface area contributed by atoms with Gasteiger partial charge in [0.1, 0.15) is 5.82 Å². The van der Waals surface area contributed by atoms with E-state index in [4.69, 9.17) is 11.6 Å². The van der Waals surface area contributed by atoms with Gasteiger partial charge in [0.25, 0.3) is 5.56 Å². The lowest BCUT2D eigenvalue weighted by molar-refractivity contribution is 0.619. The predicted molar refractivity (Wildman–Crippen MR) is 61.4 cm³/mol. The molecule has 0 atom stereocenters. The summed E-state index contributed by atoms with van der Waals surface area (Å²) in [5.74, 6) is -0.385. The van der Waals surface area contributed by atoms with Gasteiger partial charge in [-0.3, -0.25) is 9.36 Å². The molecule has 3 nitrogen and oxygen atoms in total. The van der Waals surface area contributed by atoms with E-state index in [0.29, 0.717) is 23.0 Å². The van der Waals surface area contributed by atoms with Gasteiger partial charge in [-0.25, -0.2) is 9.37 Å². The number of aromatic nitrogens is 2. The van der Waals surface area contributed by atoms with Crippen molar-refractivity contribution in [3.8, 4) is 0 Å². The largest absolute Gasteiger partial charge is 0.283 e. The second-order valence-electron chi connectivity index (χ2n) is 3.55. The fraction of sp³-hybridized carbons (Fsp3) is 0.273. The lowest BCUT2D eigenvalue weighted by Gasteiger charge is -2.07. The summed E-state index contributed by atoms with van der Waals surface area (Å²) in [6, 6.07) is 2.74. The Morgan fingerprint density at radius 3 is 2.81 bits per heavy atom. The van der Waals surface area contributed by atoms with E-state index in [1.807, 2.05) is 0 Å². The summed E-state index contributed by atoms with van der Waals surface area (Å²) in [4.78, 5) is 16.0. The molecule has 2 rings (SSSR count). The Morgan fingerprint density at radius 2 is 2.19 bits per heavy atom. The molecule has 84 valence electrons. The van der Waals surface area contributed by atoms with Gasteiger partial charge < -0.3 is 0 Å². The zero-order valence-electron chi connectivity index (χ0n) is 8.92. The molecule has 0 saturated heterocycles. The lowest BCUT2D eigenvalue weighted by Crippen LogP contribution is -2.21. The highest BCUT2D eigenvalue weighted by molar-refractivity contribution is 6.28. The van der Waals surface area contributed by atoms with Crippen molar-refractivity contribution in [3.05, 3.63) is 39.2 Å². The van der Waals surface area contributed by atoms with Crippen LogP contribution in [0.3, 0.4) is 0 Å². The Hall–Kier alpha value is -1.42. The first-order chi connectivity index (χ1) is 7.54. The van der Waals surface area contributed by atoms with Crippen molar-refractivity contribution >= 4 is 22.5 Å². The van der Waals surface area contributed by atoms with Crippen molar-refractivity contribution in [2.24, 2.45) is 0 Å². The zero-order chi connectivity index (χ0) is 11.9. The summed E-state index contributed by atoms with van der Waals surface area (Å²) in [6.45, 7) is 3.85. The maximum Gasteiger partial charge on any atom is 0.262 e. The van der Waals surface area contributed by atoms with Gasteiger partial charge in [0, 0.05) is 12.6 Å². The van der Waals surface area contributed by atoms with E-state index in [1.54, 1.807) is 13.8 Å². The predicted octanol–water partition coefficient (Wildman–Crippen LogP) is 2.52. The van der Waals surface area contributed by atoms with Gasteiger partial charge >= 0.3 is 0 Å². The summed E-state index contributed by atoms with van der Waals surface area (Å²) < 4.78 is 14.7. The molecule has 1 aromatic heterocycles. The van der Waals surface area contributed by atoms with Gasteiger partial charge in [-0.15, -0.1) is 0 Å². The number of aryl methyl sites for hydroxylation is 1. The number of fused-ring (bicyclic) bond motifs is 1. The smallest absolute Gasteiger partial charge is 0.262 e. The first-order valence-corrected chi connectivity index (χ1v) is 5.28. The van der Waals surface area contributed by atoms with Crippen molar-refractivity contribution in [2.75, 3.05) is 0 Å². The van der Waals surface area contributed by atoms with Crippen LogP contribution in [0.5, 0.6) is 0 Å². The highest BCUT2D eigenvalue weighted by Crippen LogP contribution is 2.16. The molecule has 2 aromatic rings. The molecule has 0 aliphatic rings. The summed E-state index contributed by atoms with van der Waals surface area (Å²) in [5, 5.41) is 0.480. The van der Waals surface area contributed by atoms with Crippen LogP contribution in [0.2, 0.25) is 5.28 Å². The Bertz CT molecular complexity index is 621. The van der Waals surface area contributed by atoms with Gasteiger partial charge in [0.15, 0.2) is 0 Å². The van der Waals surface area contributed by atoms with Crippen molar-refractivity contribution < 1.29 is 4.39 Å². The van der Waals surface area contributed by atoms with Gasteiger partial charge in [0.2, 0.25) is 5.28 Å². The zero-order valence-corrected chi connectivity index (χ0v) is 9.68. The summed E-state index contributed by atoms with van der Waals surface area (Å²) >= 11 is 5.83. The molecule has 0 aliphatic heterocycles. The van der Waals surface area contributed by atoms with E-state index in [-0.39, 0.29) is 16.7 Å². The van der Waals surface area contributed by atoms with Crippen LogP contribution in [0, 0.1) is 12.7 Å². The fourth-order valence-electron chi connectivity index (χ4n) is 1.60. The lowest BCUT2D eigenvalue weighted by atomic mass is 10.1. The SMILES string of the molecule is CCn1c(Cl)nc2cc(F)c(C)cc2c1=O. The molecule has 1 heterocycles. The van der Waals surface area contributed by atoms with E-state index < -0.39 is 0 Å². The maximum atomic E-state index is 13.3. The minimum atomic E-state index is -0.385. The minimum absolute atomic E-state index is 0.0863. The summed E-state index contributed by atoms with van der Waals surface area (Å²) in [5.41, 5.74) is 0.486. The molecular formula is C11H10ClFN2O. The monoisotopic (exact) mass is 240 g/mol. The average Bonchev–Trinajstić information content (AvgIpc) is 2.22. The molecule has 5 heteroatoms. The molecule has 0 spiro atoms. The van der Waals surface area contributed by atoms with Crippen molar-refractivity contribution in [1.82, 2.24) is 9.55 Å². The Morgan fingerprint density at radius 1 is 1.50 bits per heavy atom. The molecule has 0 amide bonds. The third kappa shape index (κ3) is 1.59. The average molecular weight is 241 g/mol. The maximum absolute atomic E-state index is 13.3. The standard InChI is InChI=1S/C11H10ClFN2O/c1-3-15-10(16)7-4-6(2)8(13)5-9(7)14-11(15)12/h4-5H,3H2,1-2H3. The van der Waals surface area contributed by atoms with Crippen LogP contribution in [0.25, 0.3) is 10.9 Å². The fourth-order valence-corrected chi connectivity index (χ4v) is 1.89. The molecule has 0 fully saturated rings. The number of halogens is 2. The molecule has 16 heavy (non-hydrogen) atoms. The Labute approximate surface area is 96.5 Å². The first-order valence-electron chi connectivity index (χ1n) is 4.90. The van der Waals surface area contributed by atoms with Crippen LogP contribution in [-0.2, 0) is 6.54 Å². The van der Waals surface area contributed by atoms with E-state index in [0.717, 1.165) is 0 Å². The van der Waals surface area contributed by atoms with Crippen LogP contribution >= 0.6 is 11.6 Å². The van der Waals surface area contributed by atoms with E-state index in [9.17, 15) is 9.18 Å². The molecule has 0 saturated carbocycles. The first kappa shape index (κ1) is 11.1. The van der Waals surface area contributed by atoms with Crippen LogP contribution in [0.15, 0.2) is 16.9 Å². The molecule has 0 N–H and O–H groups in total. The number of benzene rings is 1. The summed E-state index contributed by atoms with van der Waals surface area (Å²) in [7, 11) is 0. The molecular weight excluding hydrogens is 231 g/mol. The van der Waals surface area contributed by atoms with Gasteiger partial charge in [0.05, 0.1) is 10.9 Å². The quantitative estimate of drug-likeness (QED) is 0.718. The number of hydrogen-bond donors (Lipinski definition) is 0. The molecule has 0 aliphatic carbocycles. The minimum Gasteiger partial charge on any atom is -0.283 e. The normalized spacial score (nSPS) is 11.0. The van der Waals surface area contributed by atoms with Crippen molar-refractivity contribution in [3.63, 3.8) is 0 Å². The van der Waals surface area contributed by atoms with E-state index in [1.165, 1.54) is 16.7 Å². The number of nitrogens with zero attached hydrogens (tertiary/aromatic N) is 2. The number of hydrogen-bond acceptors (Lipinski definition) is 2.